The van der Waals surface area contributed by atoms with Crippen molar-refractivity contribution in [3.8, 4) is 0 Å². The van der Waals surface area contributed by atoms with Gasteiger partial charge in [0.1, 0.15) is 11.7 Å². The van der Waals surface area contributed by atoms with Crippen LogP contribution < -0.4 is 5.32 Å². The van der Waals surface area contributed by atoms with E-state index in [0.29, 0.717) is 38.4 Å². The van der Waals surface area contributed by atoms with Gasteiger partial charge in [-0.2, -0.15) is 0 Å². The average molecular weight is 373 g/mol. The summed E-state index contributed by atoms with van der Waals surface area (Å²) in [5, 5.41) is 3.75. The van der Waals surface area contributed by atoms with E-state index in [1.165, 1.54) is 11.3 Å². The Labute approximate surface area is 157 Å². The van der Waals surface area contributed by atoms with Gasteiger partial charge in [0.2, 0.25) is 5.91 Å². The molecule has 1 N–H and O–H groups in total. The number of benzene rings is 1. The molecule has 1 saturated heterocycles. The van der Waals surface area contributed by atoms with Gasteiger partial charge < -0.3 is 15.0 Å². The first kappa shape index (κ1) is 18.5. The lowest BCUT2D eigenvalue weighted by molar-refractivity contribution is -0.137. The van der Waals surface area contributed by atoms with Crippen LogP contribution in [0.2, 0.25) is 0 Å². The molecule has 2 aromatic rings. The van der Waals surface area contributed by atoms with Gasteiger partial charge in [-0.1, -0.05) is 30.3 Å². The molecular formula is C19H23N3O3S. The van der Waals surface area contributed by atoms with Crippen molar-refractivity contribution in [1.82, 2.24) is 15.2 Å². The summed E-state index contributed by atoms with van der Waals surface area (Å²) in [4.78, 5) is 32.6. The Kier molecular flexibility index (Phi) is 6.00. The highest BCUT2D eigenvalue weighted by molar-refractivity contribution is 7.11. The van der Waals surface area contributed by atoms with E-state index in [9.17, 15) is 9.59 Å². The lowest BCUT2D eigenvalue weighted by Gasteiger charge is -2.30. The zero-order chi connectivity index (χ0) is 18.5. The summed E-state index contributed by atoms with van der Waals surface area (Å²) in [5.74, 6) is -0.371. The zero-order valence-corrected chi connectivity index (χ0v) is 15.8. The highest BCUT2D eigenvalue weighted by Gasteiger charge is 2.28. The van der Waals surface area contributed by atoms with Crippen molar-refractivity contribution >= 4 is 23.2 Å². The van der Waals surface area contributed by atoms with Crippen molar-refractivity contribution in [2.45, 2.75) is 26.3 Å². The predicted molar refractivity (Wildman–Crippen MR) is 100 cm³/mol. The Hall–Kier alpha value is -2.25. The van der Waals surface area contributed by atoms with Crippen molar-refractivity contribution in [3.63, 3.8) is 0 Å². The second-order valence-electron chi connectivity index (χ2n) is 6.29. The number of nitrogens with one attached hydrogen (secondary N) is 1. The van der Waals surface area contributed by atoms with Crippen LogP contribution in [0.1, 0.15) is 25.9 Å². The smallest absolute Gasteiger partial charge is 0.271 e. The Morgan fingerprint density at radius 1 is 1.23 bits per heavy atom. The molecule has 1 aromatic carbocycles. The molecule has 1 atom stereocenters. The van der Waals surface area contributed by atoms with Crippen molar-refractivity contribution in [2.24, 2.45) is 0 Å². The van der Waals surface area contributed by atoms with Gasteiger partial charge in [-0.25, -0.2) is 4.98 Å². The third kappa shape index (κ3) is 4.47. The minimum absolute atomic E-state index is 0.0740. The van der Waals surface area contributed by atoms with Crippen LogP contribution in [0, 0.1) is 13.8 Å². The maximum Gasteiger partial charge on any atom is 0.271 e. The van der Waals surface area contributed by atoms with Crippen LogP contribution in [-0.4, -0.2) is 54.0 Å². The van der Waals surface area contributed by atoms with E-state index in [-0.39, 0.29) is 11.8 Å². The first-order chi connectivity index (χ1) is 12.5. The Balaban J connectivity index is 1.78. The summed E-state index contributed by atoms with van der Waals surface area (Å²) in [6.45, 7) is 5.90. The molecule has 0 aliphatic carbocycles. The quantitative estimate of drug-likeness (QED) is 0.870. The number of amides is 2. The number of ether oxygens (including phenoxy) is 1. The number of aryl methyl sites for hydroxylation is 2. The topological polar surface area (TPSA) is 71.5 Å². The number of hydrogen-bond donors (Lipinski definition) is 1. The zero-order valence-electron chi connectivity index (χ0n) is 15.0. The van der Waals surface area contributed by atoms with Crippen molar-refractivity contribution < 1.29 is 14.3 Å². The molecule has 2 heterocycles. The number of rotatable bonds is 5. The van der Waals surface area contributed by atoms with E-state index in [4.69, 9.17) is 4.74 Å². The molecule has 7 heteroatoms. The Morgan fingerprint density at radius 3 is 2.54 bits per heavy atom. The van der Waals surface area contributed by atoms with E-state index < -0.39 is 6.04 Å². The molecule has 0 radical (unpaired) electrons. The fourth-order valence-corrected chi connectivity index (χ4v) is 3.84. The van der Waals surface area contributed by atoms with Gasteiger partial charge in [0.15, 0.2) is 0 Å². The first-order valence-electron chi connectivity index (χ1n) is 8.70. The molecule has 2 amide bonds. The summed E-state index contributed by atoms with van der Waals surface area (Å²) < 4.78 is 5.33. The molecule has 138 valence electrons. The largest absolute Gasteiger partial charge is 0.378 e. The molecule has 26 heavy (non-hydrogen) atoms. The van der Waals surface area contributed by atoms with E-state index in [1.54, 1.807) is 4.90 Å². The maximum absolute atomic E-state index is 13.0. The highest BCUT2D eigenvalue weighted by Crippen LogP contribution is 2.17. The van der Waals surface area contributed by atoms with E-state index in [0.717, 1.165) is 15.4 Å². The second kappa shape index (κ2) is 8.42. The van der Waals surface area contributed by atoms with Crippen LogP contribution in [0.5, 0.6) is 0 Å². The number of carbonyl (C=O) groups excluding carboxylic acids is 2. The molecule has 0 saturated carbocycles. The predicted octanol–water partition coefficient (Wildman–Crippen LogP) is 1.96. The van der Waals surface area contributed by atoms with Gasteiger partial charge in [0.25, 0.3) is 5.91 Å². The van der Waals surface area contributed by atoms with Gasteiger partial charge in [0, 0.05) is 24.4 Å². The summed E-state index contributed by atoms with van der Waals surface area (Å²) in [5.41, 5.74) is 1.41. The van der Waals surface area contributed by atoms with Gasteiger partial charge in [0.05, 0.1) is 18.2 Å². The fourth-order valence-electron chi connectivity index (χ4n) is 3.02. The van der Waals surface area contributed by atoms with Gasteiger partial charge in [-0.3, -0.25) is 9.59 Å². The van der Waals surface area contributed by atoms with Crippen molar-refractivity contribution in [3.05, 3.63) is 51.5 Å². The van der Waals surface area contributed by atoms with Gasteiger partial charge in [-0.15, -0.1) is 11.3 Å². The molecule has 0 bridgehead atoms. The Morgan fingerprint density at radius 2 is 1.92 bits per heavy atom. The normalized spacial score (nSPS) is 15.5. The third-order valence-electron chi connectivity index (χ3n) is 4.33. The maximum atomic E-state index is 13.0. The van der Waals surface area contributed by atoms with Crippen LogP contribution in [0.15, 0.2) is 30.3 Å². The van der Waals surface area contributed by atoms with Crippen LogP contribution in [0.25, 0.3) is 0 Å². The van der Waals surface area contributed by atoms with Gasteiger partial charge in [-0.05, 0) is 19.4 Å². The SMILES string of the molecule is Cc1nc(C(=O)N[C@H](Cc2ccccc2)C(=O)N2CCOCC2)c(C)s1. The Bertz CT molecular complexity index is 770. The average Bonchev–Trinajstić information content (AvgIpc) is 3.00. The number of hydrogen-bond acceptors (Lipinski definition) is 5. The van der Waals surface area contributed by atoms with Crippen LogP contribution in [-0.2, 0) is 16.0 Å². The first-order valence-corrected chi connectivity index (χ1v) is 9.51. The molecule has 3 rings (SSSR count). The summed E-state index contributed by atoms with van der Waals surface area (Å²) in [7, 11) is 0. The number of nitrogens with zero attached hydrogens (tertiary/aromatic N) is 2. The number of carbonyl (C=O) groups is 2. The van der Waals surface area contributed by atoms with E-state index >= 15 is 0 Å². The number of aromatic nitrogens is 1. The molecule has 1 aliphatic heterocycles. The van der Waals surface area contributed by atoms with Gasteiger partial charge >= 0.3 is 0 Å². The summed E-state index contributed by atoms with van der Waals surface area (Å²) >= 11 is 1.48. The van der Waals surface area contributed by atoms with Crippen LogP contribution in [0.4, 0.5) is 0 Å². The van der Waals surface area contributed by atoms with Crippen LogP contribution >= 0.6 is 11.3 Å². The molecule has 1 aliphatic rings. The van der Waals surface area contributed by atoms with Crippen LogP contribution in [0.3, 0.4) is 0 Å². The summed E-state index contributed by atoms with van der Waals surface area (Å²) in [6.07, 6.45) is 0.449. The highest BCUT2D eigenvalue weighted by atomic mass is 32.1. The lowest BCUT2D eigenvalue weighted by Crippen LogP contribution is -2.52. The van der Waals surface area contributed by atoms with Crippen molar-refractivity contribution in [1.29, 1.82) is 0 Å². The number of morpholine rings is 1. The molecule has 1 fully saturated rings. The minimum Gasteiger partial charge on any atom is -0.378 e. The lowest BCUT2D eigenvalue weighted by atomic mass is 10.0. The second-order valence-corrected chi connectivity index (χ2v) is 7.70. The molecule has 0 unspecified atom stereocenters. The molecule has 1 aromatic heterocycles. The number of thiazole rings is 1. The standard InChI is InChI=1S/C19H23N3O3S/c1-13-17(20-14(2)26-13)18(23)21-16(12-15-6-4-3-5-7-15)19(24)22-8-10-25-11-9-22/h3-7,16H,8-12H2,1-2H3,(H,21,23)/t16-/m1/s1. The third-order valence-corrected chi connectivity index (χ3v) is 5.21. The van der Waals surface area contributed by atoms with Crippen molar-refractivity contribution in [2.75, 3.05) is 26.3 Å². The van der Waals surface area contributed by atoms with E-state index in [1.807, 2.05) is 44.2 Å². The molecular weight excluding hydrogens is 350 g/mol. The molecule has 0 spiro atoms. The summed E-state index contributed by atoms with van der Waals surface area (Å²) in [6, 6.07) is 9.10. The van der Waals surface area contributed by atoms with E-state index in [2.05, 4.69) is 10.3 Å². The molecule has 6 nitrogen and oxygen atoms in total. The monoisotopic (exact) mass is 373 g/mol. The fraction of sp³-hybridized carbons (Fsp3) is 0.421. The minimum atomic E-state index is -0.621.